The number of rotatable bonds is 3. The van der Waals surface area contributed by atoms with Crippen molar-refractivity contribution in [2.24, 2.45) is 5.92 Å². The summed E-state index contributed by atoms with van der Waals surface area (Å²) in [5, 5.41) is 3.73. The van der Waals surface area contributed by atoms with Gasteiger partial charge in [-0.15, -0.1) is 0 Å². The fourth-order valence-electron chi connectivity index (χ4n) is 2.68. The molecule has 3 rings (SSSR count). The second-order valence-electron chi connectivity index (χ2n) is 5.22. The van der Waals surface area contributed by atoms with Crippen molar-refractivity contribution < 1.29 is 4.79 Å². The highest BCUT2D eigenvalue weighted by Crippen LogP contribution is 2.26. The van der Waals surface area contributed by atoms with Gasteiger partial charge in [-0.3, -0.25) is 4.79 Å². The van der Waals surface area contributed by atoms with E-state index in [1.165, 1.54) is 11.1 Å². The van der Waals surface area contributed by atoms with Crippen LogP contribution in [0.4, 0.5) is 0 Å². The first kappa shape index (κ1) is 13.2. The minimum atomic E-state index is 0.0692. The highest BCUT2D eigenvalue weighted by molar-refractivity contribution is 6.30. The molecule has 1 amide bonds. The lowest BCUT2D eigenvalue weighted by Gasteiger charge is -2.10. The van der Waals surface area contributed by atoms with Crippen LogP contribution in [-0.4, -0.2) is 5.91 Å². The molecule has 0 saturated heterocycles. The Morgan fingerprint density at radius 2 is 1.65 bits per heavy atom. The Balaban J connectivity index is 1.57. The molecule has 0 spiro atoms. The summed E-state index contributed by atoms with van der Waals surface area (Å²) in [6, 6.07) is 15.9. The van der Waals surface area contributed by atoms with Gasteiger partial charge in [0.15, 0.2) is 0 Å². The SMILES string of the molecule is O=C(NCc1ccc(Cl)cc1)C1Cc2ccccc2C1. The van der Waals surface area contributed by atoms with E-state index in [-0.39, 0.29) is 11.8 Å². The number of amides is 1. The fraction of sp³-hybridized carbons (Fsp3) is 0.235. The van der Waals surface area contributed by atoms with Gasteiger partial charge in [-0.2, -0.15) is 0 Å². The van der Waals surface area contributed by atoms with Crippen molar-refractivity contribution in [3.05, 3.63) is 70.2 Å². The number of halogens is 1. The summed E-state index contributed by atoms with van der Waals surface area (Å²) in [7, 11) is 0. The third-order valence-electron chi connectivity index (χ3n) is 3.80. The summed E-state index contributed by atoms with van der Waals surface area (Å²) < 4.78 is 0. The van der Waals surface area contributed by atoms with Crippen LogP contribution in [0, 0.1) is 5.92 Å². The van der Waals surface area contributed by atoms with Crippen molar-refractivity contribution in [1.29, 1.82) is 0 Å². The van der Waals surface area contributed by atoms with E-state index in [9.17, 15) is 4.79 Å². The quantitative estimate of drug-likeness (QED) is 0.920. The maximum atomic E-state index is 12.2. The second-order valence-corrected chi connectivity index (χ2v) is 5.65. The van der Waals surface area contributed by atoms with Crippen molar-refractivity contribution in [2.75, 3.05) is 0 Å². The van der Waals surface area contributed by atoms with E-state index in [1.807, 2.05) is 36.4 Å². The van der Waals surface area contributed by atoms with E-state index >= 15 is 0 Å². The standard InChI is InChI=1S/C17H16ClNO/c18-16-7-5-12(6-8-16)11-19-17(20)15-9-13-3-1-2-4-14(13)10-15/h1-8,15H,9-11H2,(H,19,20). The zero-order valence-corrected chi connectivity index (χ0v) is 11.9. The van der Waals surface area contributed by atoms with Crippen molar-refractivity contribution in [2.45, 2.75) is 19.4 Å². The second kappa shape index (κ2) is 5.68. The highest BCUT2D eigenvalue weighted by atomic mass is 35.5. The maximum absolute atomic E-state index is 12.2. The van der Waals surface area contributed by atoms with Gasteiger partial charge in [0.1, 0.15) is 0 Å². The molecule has 20 heavy (non-hydrogen) atoms. The van der Waals surface area contributed by atoms with Gasteiger partial charge in [-0.05, 0) is 41.7 Å². The molecule has 1 aliphatic rings. The summed E-state index contributed by atoms with van der Waals surface area (Å²) in [4.78, 5) is 12.2. The molecule has 2 nitrogen and oxygen atoms in total. The summed E-state index contributed by atoms with van der Waals surface area (Å²) in [6.07, 6.45) is 1.70. The minimum Gasteiger partial charge on any atom is -0.352 e. The van der Waals surface area contributed by atoms with Crippen LogP contribution in [0.25, 0.3) is 0 Å². The van der Waals surface area contributed by atoms with Crippen LogP contribution in [0.2, 0.25) is 5.02 Å². The number of fused-ring (bicyclic) bond motifs is 1. The molecule has 0 bridgehead atoms. The van der Waals surface area contributed by atoms with Crippen LogP contribution in [0.15, 0.2) is 48.5 Å². The molecule has 0 aliphatic heterocycles. The van der Waals surface area contributed by atoms with Crippen LogP contribution in [0.3, 0.4) is 0 Å². The lowest BCUT2D eigenvalue weighted by molar-refractivity contribution is -0.124. The molecule has 2 aromatic rings. The average Bonchev–Trinajstić information content (AvgIpc) is 2.90. The largest absolute Gasteiger partial charge is 0.352 e. The first-order valence-corrected chi connectivity index (χ1v) is 7.19. The van der Waals surface area contributed by atoms with Gasteiger partial charge in [0, 0.05) is 17.5 Å². The van der Waals surface area contributed by atoms with Crippen molar-refractivity contribution >= 4 is 17.5 Å². The molecule has 0 heterocycles. The Bertz CT molecular complexity index is 596. The smallest absolute Gasteiger partial charge is 0.224 e. The summed E-state index contributed by atoms with van der Waals surface area (Å²) in [5.41, 5.74) is 3.68. The molecule has 1 aliphatic carbocycles. The Morgan fingerprint density at radius 3 is 2.25 bits per heavy atom. The van der Waals surface area contributed by atoms with Gasteiger partial charge in [0.25, 0.3) is 0 Å². The zero-order chi connectivity index (χ0) is 13.9. The third-order valence-corrected chi connectivity index (χ3v) is 4.05. The first-order chi connectivity index (χ1) is 9.72. The summed E-state index contributed by atoms with van der Waals surface area (Å²) in [6.45, 7) is 0.558. The molecule has 0 saturated carbocycles. The summed E-state index contributed by atoms with van der Waals surface area (Å²) >= 11 is 5.84. The van der Waals surface area contributed by atoms with Crippen molar-refractivity contribution in [3.63, 3.8) is 0 Å². The van der Waals surface area contributed by atoms with E-state index in [2.05, 4.69) is 17.4 Å². The van der Waals surface area contributed by atoms with Gasteiger partial charge in [-0.1, -0.05) is 48.0 Å². The number of hydrogen-bond acceptors (Lipinski definition) is 1. The van der Waals surface area contributed by atoms with Crippen LogP contribution in [0.1, 0.15) is 16.7 Å². The molecule has 0 radical (unpaired) electrons. The van der Waals surface area contributed by atoms with Crippen molar-refractivity contribution in [3.8, 4) is 0 Å². The van der Waals surface area contributed by atoms with Crippen LogP contribution < -0.4 is 5.32 Å². The number of hydrogen-bond donors (Lipinski definition) is 1. The molecule has 102 valence electrons. The normalized spacial score (nSPS) is 14.1. The van der Waals surface area contributed by atoms with Crippen LogP contribution >= 0.6 is 11.6 Å². The molecular weight excluding hydrogens is 270 g/mol. The topological polar surface area (TPSA) is 29.1 Å². The van der Waals surface area contributed by atoms with Gasteiger partial charge >= 0.3 is 0 Å². The molecule has 0 aromatic heterocycles. The molecule has 0 fully saturated rings. The lowest BCUT2D eigenvalue weighted by atomic mass is 10.1. The molecule has 0 atom stereocenters. The maximum Gasteiger partial charge on any atom is 0.224 e. The van der Waals surface area contributed by atoms with E-state index in [4.69, 9.17) is 11.6 Å². The molecule has 2 aromatic carbocycles. The van der Waals surface area contributed by atoms with Gasteiger partial charge in [-0.25, -0.2) is 0 Å². The van der Waals surface area contributed by atoms with Crippen LogP contribution in [0.5, 0.6) is 0 Å². The number of nitrogens with one attached hydrogen (secondary N) is 1. The lowest BCUT2D eigenvalue weighted by Crippen LogP contribution is -2.30. The Hall–Kier alpha value is -1.80. The first-order valence-electron chi connectivity index (χ1n) is 6.81. The predicted molar refractivity (Wildman–Crippen MR) is 80.6 cm³/mol. The van der Waals surface area contributed by atoms with E-state index in [0.717, 1.165) is 18.4 Å². The van der Waals surface area contributed by atoms with Gasteiger partial charge < -0.3 is 5.32 Å². The Labute approximate surface area is 123 Å². The predicted octanol–water partition coefficient (Wildman–Crippen LogP) is 3.37. The third kappa shape index (κ3) is 2.86. The van der Waals surface area contributed by atoms with Gasteiger partial charge in [0.05, 0.1) is 0 Å². The molecule has 0 unspecified atom stereocenters. The van der Waals surface area contributed by atoms with E-state index in [0.29, 0.717) is 11.6 Å². The average molecular weight is 286 g/mol. The zero-order valence-electron chi connectivity index (χ0n) is 11.1. The van der Waals surface area contributed by atoms with E-state index in [1.54, 1.807) is 0 Å². The monoisotopic (exact) mass is 285 g/mol. The van der Waals surface area contributed by atoms with Gasteiger partial charge in [0.2, 0.25) is 5.91 Å². The number of benzene rings is 2. The molecule has 1 N–H and O–H groups in total. The number of carbonyl (C=O) groups is 1. The number of carbonyl (C=O) groups excluding carboxylic acids is 1. The Morgan fingerprint density at radius 1 is 1.05 bits per heavy atom. The van der Waals surface area contributed by atoms with Crippen molar-refractivity contribution in [1.82, 2.24) is 5.32 Å². The minimum absolute atomic E-state index is 0.0692. The molecular formula is C17H16ClNO. The highest BCUT2D eigenvalue weighted by Gasteiger charge is 2.26. The Kier molecular flexibility index (Phi) is 3.75. The van der Waals surface area contributed by atoms with Crippen LogP contribution in [-0.2, 0) is 24.2 Å². The fourth-order valence-corrected chi connectivity index (χ4v) is 2.81. The van der Waals surface area contributed by atoms with E-state index < -0.39 is 0 Å². The summed E-state index contributed by atoms with van der Waals surface area (Å²) in [5.74, 6) is 0.204. The molecule has 3 heteroatoms.